The van der Waals surface area contributed by atoms with Gasteiger partial charge in [0.15, 0.2) is 0 Å². The van der Waals surface area contributed by atoms with Gasteiger partial charge in [-0.3, -0.25) is 0 Å². The highest BCUT2D eigenvalue weighted by Crippen LogP contribution is 2.41. The number of rotatable bonds is 2. The van der Waals surface area contributed by atoms with Crippen molar-refractivity contribution >= 4 is 0 Å². The minimum absolute atomic E-state index is 0.255. The van der Waals surface area contributed by atoms with Crippen molar-refractivity contribution in [2.24, 2.45) is 5.41 Å². The van der Waals surface area contributed by atoms with Gasteiger partial charge in [-0.15, -0.1) is 0 Å². The molecule has 0 saturated heterocycles. The van der Waals surface area contributed by atoms with Crippen molar-refractivity contribution in [1.29, 1.82) is 0 Å². The lowest BCUT2D eigenvalue weighted by Crippen LogP contribution is -2.16. The molecular weight excluding hydrogens is 156 g/mol. The predicted octanol–water partition coefficient (Wildman–Crippen LogP) is 3.79. The fraction of sp³-hybridized carbons (Fsp3) is 0.385. The topological polar surface area (TPSA) is 0 Å². The van der Waals surface area contributed by atoms with Gasteiger partial charge in [-0.2, -0.15) is 0 Å². The SMILES string of the molecule is CCC1(C2=CC=CCC2)C=CC=C1. The van der Waals surface area contributed by atoms with Crippen LogP contribution < -0.4 is 0 Å². The quantitative estimate of drug-likeness (QED) is 0.594. The first-order valence-corrected chi connectivity index (χ1v) is 5.11. The summed E-state index contributed by atoms with van der Waals surface area (Å²) >= 11 is 0. The van der Waals surface area contributed by atoms with Crippen LogP contribution in [0.15, 0.2) is 48.1 Å². The van der Waals surface area contributed by atoms with E-state index in [0.717, 1.165) is 0 Å². The van der Waals surface area contributed by atoms with Crippen molar-refractivity contribution in [2.75, 3.05) is 0 Å². The summed E-state index contributed by atoms with van der Waals surface area (Å²) in [4.78, 5) is 0. The molecule has 0 nitrogen and oxygen atoms in total. The van der Waals surface area contributed by atoms with E-state index in [9.17, 15) is 0 Å². The number of allylic oxidation sites excluding steroid dienone is 8. The molecule has 0 saturated carbocycles. The van der Waals surface area contributed by atoms with Crippen molar-refractivity contribution in [2.45, 2.75) is 26.2 Å². The van der Waals surface area contributed by atoms with Crippen molar-refractivity contribution in [3.63, 3.8) is 0 Å². The van der Waals surface area contributed by atoms with Crippen LogP contribution in [0.1, 0.15) is 26.2 Å². The van der Waals surface area contributed by atoms with Gasteiger partial charge in [0.1, 0.15) is 0 Å². The van der Waals surface area contributed by atoms with Gasteiger partial charge < -0.3 is 0 Å². The Bertz CT molecular complexity index is 288. The van der Waals surface area contributed by atoms with Crippen molar-refractivity contribution in [3.05, 3.63) is 48.1 Å². The van der Waals surface area contributed by atoms with E-state index < -0.39 is 0 Å². The van der Waals surface area contributed by atoms with Gasteiger partial charge in [0.2, 0.25) is 0 Å². The van der Waals surface area contributed by atoms with E-state index in [1.807, 2.05) is 0 Å². The maximum absolute atomic E-state index is 2.33. The average Bonchev–Trinajstić information content (AvgIpc) is 2.69. The van der Waals surface area contributed by atoms with E-state index >= 15 is 0 Å². The van der Waals surface area contributed by atoms with Crippen LogP contribution in [0.4, 0.5) is 0 Å². The van der Waals surface area contributed by atoms with Gasteiger partial charge in [0.25, 0.3) is 0 Å². The molecule has 0 aromatic rings. The van der Waals surface area contributed by atoms with Crippen molar-refractivity contribution in [3.8, 4) is 0 Å². The fourth-order valence-electron chi connectivity index (χ4n) is 2.18. The van der Waals surface area contributed by atoms with Crippen LogP contribution in [0, 0.1) is 5.41 Å². The van der Waals surface area contributed by atoms with Crippen LogP contribution in [-0.2, 0) is 0 Å². The Hall–Kier alpha value is -1.04. The maximum atomic E-state index is 2.33. The minimum Gasteiger partial charge on any atom is -0.0842 e. The lowest BCUT2D eigenvalue weighted by atomic mass is 9.76. The first-order valence-electron chi connectivity index (χ1n) is 5.11. The zero-order valence-electron chi connectivity index (χ0n) is 8.16. The number of hydrogen-bond acceptors (Lipinski definition) is 0. The van der Waals surface area contributed by atoms with Crippen LogP contribution in [0.2, 0.25) is 0 Å². The van der Waals surface area contributed by atoms with Gasteiger partial charge in [0.05, 0.1) is 0 Å². The molecule has 0 aliphatic heterocycles. The molecule has 2 aliphatic carbocycles. The third-order valence-corrected chi connectivity index (χ3v) is 3.10. The largest absolute Gasteiger partial charge is 0.0842 e. The molecule has 2 aliphatic rings. The summed E-state index contributed by atoms with van der Waals surface area (Å²) in [5, 5.41) is 0. The van der Waals surface area contributed by atoms with Crippen LogP contribution in [-0.4, -0.2) is 0 Å². The average molecular weight is 172 g/mol. The normalized spacial score (nSPS) is 23.6. The third kappa shape index (κ3) is 1.41. The van der Waals surface area contributed by atoms with Crippen LogP contribution in [0.5, 0.6) is 0 Å². The minimum atomic E-state index is 0.255. The number of hydrogen-bond donors (Lipinski definition) is 0. The molecule has 68 valence electrons. The van der Waals surface area contributed by atoms with Gasteiger partial charge in [-0.05, 0) is 19.3 Å². The smallest absolute Gasteiger partial charge is 0.0277 e. The predicted molar refractivity (Wildman–Crippen MR) is 57.5 cm³/mol. The summed E-state index contributed by atoms with van der Waals surface area (Å²) in [6, 6.07) is 0. The van der Waals surface area contributed by atoms with E-state index in [1.54, 1.807) is 5.57 Å². The summed E-state index contributed by atoms with van der Waals surface area (Å²) in [5.41, 5.74) is 1.83. The second-order valence-corrected chi connectivity index (χ2v) is 3.77. The molecule has 0 amide bonds. The molecular formula is C13H16. The Kier molecular flexibility index (Phi) is 2.22. The molecule has 0 radical (unpaired) electrons. The summed E-state index contributed by atoms with van der Waals surface area (Å²) < 4.78 is 0. The molecule has 0 aromatic heterocycles. The lowest BCUT2D eigenvalue weighted by molar-refractivity contribution is 0.544. The molecule has 0 N–H and O–H groups in total. The second kappa shape index (κ2) is 3.37. The van der Waals surface area contributed by atoms with Crippen LogP contribution in [0.25, 0.3) is 0 Å². The Morgan fingerprint density at radius 3 is 2.54 bits per heavy atom. The molecule has 0 unspecified atom stereocenters. The van der Waals surface area contributed by atoms with Gasteiger partial charge in [0, 0.05) is 5.41 Å². The molecule has 0 fully saturated rings. The third-order valence-electron chi connectivity index (χ3n) is 3.10. The highest BCUT2D eigenvalue weighted by Gasteiger charge is 2.28. The Morgan fingerprint density at radius 1 is 1.23 bits per heavy atom. The summed E-state index contributed by atoms with van der Waals surface area (Å²) in [6.07, 6.45) is 19.3. The molecule has 0 heteroatoms. The van der Waals surface area contributed by atoms with E-state index in [4.69, 9.17) is 0 Å². The van der Waals surface area contributed by atoms with E-state index in [2.05, 4.69) is 49.5 Å². The van der Waals surface area contributed by atoms with E-state index in [-0.39, 0.29) is 5.41 Å². The zero-order valence-corrected chi connectivity index (χ0v) is 8.16. The Morgan fingerprint density at radius 2 is 2.00 bits per heavy atom. The maximum Gasteiger partial charge on any atom is 0.0277 e. The van der Waals surface area contributed by atoms with E-state index in [1.165, 1.54) is 19.3 Å². The molecule has 0 atom stereocenters. The second-order valence-electron chi connectivity index (χ2n) is 3.77. The molecule has 0 spiro atoms. The summed E-state index contributed by atoms with van der Waals surface area (Å²) in [7, 11) is 0. The molecule has 0 bridgehead atoms. The standard InChI is InChI=1S/C13H16/c1-2-13(10-6-7-11-13)12-8-4-3-5-9-12/h3-4,6-8,10-11H,2,5,9H2,1H3. The van der Waals surface area contributed by atoms with Crippen molar-refractivity contribution in [1.82, 2.24) is 0 Å². The highest BCUT2D eigenvalue weighted by atomic mass is 14.3. The monoisotopic (exact) mass is 172 g/mol. The molecule has 13 heavy (non-hydrogen) atoms. The van der Waals surface area contributed by atoms with Crippen LogP contribution in [0.3, 0.4) is 0 Å². The summed E-state index contributed by atoms with van der Waals surface area (Å²) in [5.74, 6) is 0. The van der Waals surface area contributed by atoms with Crippen molar-refractivity contribution < 1.29 is 0 Å². The lowest BCUT2D eigenvalue weighted by Gasteiger charge is -2.28. The highest BCUT2D eigenvalue weighted by molar-refractivity contribution is 5.39. The molecule has 0 heterocycles. The van der Waals surface area contributed by atoms with Gasteiger partial charge in [-0.1, -0.05) is 55.0 Å². The van der Waals surface area contributed by atoms with Gasteiger partial charge in [-0.25, -0.2) is 0 Å². The molecule has 2 rings (SSSR count). The zero-order chi connectivity index (χ0) is 9.15. The Balaban J connectivity index is 2.31. The first kappa shape index (κ1) is 8.55. The fourth-order valence-corrected chi connectivity index (χ4v) is 2.18. The van der Waals surface area contributed by atoms with Gasteiger partial charge >= 0.3 is 0 Å². The molecule has 0 aromatic carbocycles. The first-order chi connectivity index (χ1) is 6.37. The summed E-state index contributed by atoms with van der Waals surface area (Å²) in [6.45, 7) is 2.26. The Labute approximate surface area is 80.3 Å². The van der Waals surface area contributed by atoms with Crippen LogP contribution >= 0.6 is 0 Å². The van der Waals surface area contributed by atoms with E-state index in [0.29, 0.717) is 0 Å².